The normalized spacial score (nSPS) is 9.50. The lowest BCUT2D eigenvalue weighted by atomic mass is 10.2. The van der Waals surface area contributed by atoms with Gasteiger partial charge in [0, 0.05) is 4.90 Å². The van der Waals surface area contributed by atoms with Crippen LogP contribution in [-0.2, 0) is 0 Å². The number of hydrogen-bond acceptors (Lipinski definition) is 1. The second-order valence-electron chi connectivity index (χ2n) is 3.22. The maximum Gasteiger partial charge on any atom is 0.00719 e. The van der Waals surface area contributed by atoms with Gasteiger partial charge in [-0.05, 0) is 24.3 Å². The van der Waals surface area contributed by atoms with E-state index in [1.54, 1.807) is 0 Å². The predicted octanol–water partition coefficient (Wildman–Crippen LogP) is 4.51. The zero-order valence-corrected chi connectivity index (χ0v) is 9.56. The molecule has 1 aromatic carbocycles. The first-order valence-corrected chi connectivity index (χ1v) is 6.10. The number of thioether (sulfide) groups is 1. The molecule has 0 heterocycles. The Morgan fingerprint density at radius 2 is 1.71 bits per heavy atom. The molecule has 0 aliphatic heterocycles. The molecule has 0 N–H and O–H groups in total. The van der Waals surface area contributed by atoms with Crippen LogP contribution >= 0.6 is 11.8 Å². The topological polar surface area (TPSA) is 0 Å². The van der Waals surface area contributed by atoms with Gasteiger partial charge in [0.15, 0.2) is 0 Å². The summed E-state index contributed by atoms with van der Waals surface area (Å²) >= 11 is 1.97. The first kappa shape index (κ1) is 13.5. The van der Waals surface area contributed by atoms with Gasteiger partial charge in [0.2, 0.25) is 0 Å². The number of hydrogen-bond donors (Lipinski definition) is 0. The van der Waals surface area contributed by atoms with Gasteiger partial charge in [-0.15, -0.1) is 11.8 Å². The van der Waals surface area contributed by atoms with Crippen LogP contribution in [0.5, 0.6) is 0 Å². The van der Waals surface area contributed by atoms with Crippen LogP contribution in [0.15, 0.2) is 35.2 Å². The lowest BCUT2D eigenvalue weighted by Crippen LogP contribution is -1.80. The summed E-state index contributed by atoms with van der Waals surface area (Å²) in [7, 11) is 0. The summed E-state index contributed by atoms with van der Waals surface area (Å²) in [6.07, 6.45) is 5.45. The van der Waals surface area contributed by atoms with Gasteiger partial charge >= 0.3 is 0 Å². The summed E-state index contributed by atoms with van der Waals surface area (Å²) in [5.41, 5.74) is 0. The Balaban J connectivity index is 0.00000169. The summed E-state index contributed by atoms with van der Waals surface area (Å²) in [6, 6.07) is 10.7. The van der Waals surface area contributed by atoms with Crippen molar-refractivity contribution in [1.29, 1.82) is 0 Å². The van der Waals surface area contributed by atoms with Gasteiger partial charge in [0.1, 0.15) is 0 Å². The highest BCUT2D eigenvalue weighted by atomic mass is 32.2. The van der Waals surface area contributed by atoms with E-state index in [9.17, 15) is 0 Å². The minimum absolute atomic E-state index is 0. The van der Waals surface area contributed by atoms with Crippen molar-refractivity contribution in [2.24, 2.45) is 0 Å². The highest BCUT2D eigenvalue weighted by Crippen LogP contribution is 2.18. The minimum Gasteiger partial charge on any atom is -0.269 e. The molecule has 0 amide bonds. The van der Waals surface area contributed by atoms with Crippen LogP contribution in [0.2, 0.25) is 0 Å². The quantitative estimate of drug-likeness (QED) is 0.496. The first-order chi connectivity index (χ1) is 6.43. The number of halogens is 1. The van der Waals surface area contributed by atoms with Gasteiger partial charge in [-0.3, -0.25) is 4.70 Å². The Labute approximate surface area is 90.5 Å². The average molecular weight is 214 g/mol. The molecule has 0 nitrogen and oxygen atoms in total. The van der Waals surface area contributed by atoms with E-state index < -0.39 is 0 Å². The van der Waals surface area contributed by atoms with Gasteiger partial charge in [-0.2, -0.15) is 0 Å². The molecule has 80 valence electrons. The molecule has 1 rings (SSSR count). The van der Waals surface area contributed by atoms with Crippen molar-refractivity contribution in [3.8, 4) is 0 Å². The fourth-order valence-electron chi connectivity index (χ4n) is 1.24. The largest absolute Gasteiger partial charge is 0.269 e. The highest BCUT2D eigenvalue weighted by Gasteiger charge is 1.91. The second kappa shape index (κ2) is 9.07. The Morgan fingerprint density at radius 1 is 1.00 bits per heavy atom. The van der Waals surface area contributed by atoms with Crippen LogP contribution in [0, 0.1) is 0 Å². The first-order valence-electron chi connectivity index (χ1n) is 5.11. The summed E-state index contributed by atoms with van der Waals surface area (Å²) in [4.78, 5) is 1.40. The van der Waals surface area contributed by atoms with Crippen molar-refractivity contribution in [1.82, 2.24) is 0 Å². The Hall–Kier alpha value is -0.500. The smallest absolute Gasteiger partial charge is 0.00719 e. The van der Waals surface area contributed by atoms with Crippen molar-refractivity contribution in [2.45, 2.75) is 37.5 Å². The van der Waals surface area contributed by atoms with Crippen LogP contribution in [0.25, 0.3) is 0 Å². The van der Waals surface area contributed by atoms with Gasteiger partial charge in [0.05, 0.1) is 0 Å². The van der Waals surface area contributed by atoms with Gasteiger partial charge in [-0.25, -0.2) is 0 Å². The van der Waals surface area contributed by atoms with Crippen molar-refractivity contribution >= 4 is 11.8 Å². The summed E-state index contributed by atoms with van der Waals surface area (Å²) in [5.74, 6) is 1.27. The number of rotatable bonds is 6. The van der Waals surface area contributed by atoms with Crippen LogP contribution < -0.4 is 0 Å². The number of unbranched alkanes of at least 4 members (excludes halogenated alkanes) is 3. The molecular weight excluding hydrogens is 195 g/mol. The maximum absolute atomic E-state index is 2.25. The van der Waals surface area contributed by atoms with Crippen LogP contribution in [0.1, 0.15) is 32.6 Å². The predicted molar refractivity (Wildman–Crippen MR) is 63.8 cm³/mol. The Kier molecular flexibility index (Phi) is 8.75. The standard InChI is InChI=1S/C12H18S.FH/c1-2-3-4-8-11-13-12-9-6-5-7-10-12;/h5-7,9-10H,2-4,8,11H2,1H3;1H. The van der Waals surface area contributed by atoms with E-state index in [0.717, 1.165) is 0 Å². The maximum atomic E-state index is 2.25. The van der Waals surface area contributed by atoms with Crippen molar-refractivity contribution in [3.05, 3.63) is 30.3 Å². The Bertz CT molecular complexity index is 211. The van der Waals surface area contributed by atoms with E-state index in [1.807, 2.05) is 11.8 Å². The third-order valence-corrected chi connectivity index (χ3v) is 3.11. The SMILES string of the molecule is CCCCCCSc1ccccc1.F. The van der Waals surface area contributed by atoms with E-state index in [2.05, 4.69) is 37.3 Å². The Morgan fingerprint density at radius 3 is 2.36 bits per heavy atom. The summed E-state index contributed by atoms with van der Waals surface area (Å²) < 4.78 is 0. The molecule has 0 aliphatic rings. The van der Waals surface area contributed by atoms with E-state index in [-0.39, 0.29) is 4.70 Å². The molecule has 2 heteroatoms. The molecule has 0 atom stereocenters. The average Bonchev–Trinajstić information content (AvgIpc) is 2.19. The van der Waals surface area contributed by atoms with Crippen molar-refractivity contribution in [2.75, 3.05) is 5.75 Å². The molecule has 0 radical (unpaired) electrons. The monoisotopic (exact) mass is 214 g/mol. The third kappa shape index (κ3) is 6.03. The van der Waals surface area contributed by atoms with E-state index in [4.69, 9.17) is 0 Å². The van der Waals surface area contributed by atoms with Crippen LogP contribution in [0.3, 0.4) is 0 Å². The summed E-state index contributed by atoms with van der Waals surface area (Å²) in [6.45, 7) is 2.25. The highest BCUT2D eigenvalue weighted by molar-refractivity contribution is 7.99. The molecule has 1 aromatic rings. The van der Waals surface area contributed by atoms with Gasteiger partial charge in [-0.1, -0.05) is 44.4 Å². The summed E-state index contributed by atoms with van der Waals surface area (Å²) in [5, 5.41) is 0. The van der Waals surface area contributed by atoms with Gasteiger partial charge < -0.3 is 0 Å². The van der Waals surface area contributed by atoms with Crippen molar-refractivity contribution < 1.29 is 4.70 Å². The molecule has 0 aromatic heterocycles. The van der Waals surface area contributed by atoms with Gasteiger partial charge in [0.25, 0.3) is 0 Å². The minimum atomic E-state index is 0. The van der Waals surface area contributed by atoms with E-state index in [0.29, 0.717) is 0 Å². The van der Waals surface area contributed by atoms with Crippen molar-refractivity contribution in [3.63, 3.8) is 0 Å². The van der Waals surface area contributed by atoms with E-state index >= 15 is 0 Å². The van der Waals surface area contributed by atoms with Crippen LogP contribution in [-0.4, -0.2) is 5.75 Å². The zero-order valence-electron chi connectivity index (χ0n) is 8.74. The molecule has 0 saturated carbocycles. The second-order valence-corrected chi connectivity index (χ2v) is 4.39. The molecular formula is C12H19FS. The van der Waals surface area contributed by atoms with E-state index in [1.165, 1.54) is 36.3 Å². The fraction of sp³-hybridized carbons (Fsp3) is 0.500. The molecule has 14 heavy (non-hydrogen) atoms. The zero-order chi connectivity index (χ0) is 9.36. The lowest BCUT2D eigenvalue weighted by Gasteiger charge is -2.00. The molecule has 0 fully saturated rings. The molecule has 0 spiro atoms. The molecule has 0 bridgehead atoms. The third-order valence-electron chi connectivity index (χ3n) is 2.01. The molecule has 0 saturated heterocycles. The lowest BCUT2D eigenvalue weighted by molar-refractivity contribution is 0.706. The molecule has 0 aliphatic carbocycles. The fourth-order valence-corrected chi connectivity index (χ4v) is 2.17. The molecule has 0 unspecified atom stereocenters. The number of benzene rings is 1. The van der Waals surface area contributed by atoms with Crippen LogP contribution in [0.4, 0.5) is 4.70 Å².